The standard InChI is InChI=1S/C16H25N3O2/c20-16(17-12-15-4-3-11-21-15)13-18-9-5-14(6-10-18)19-7-1-2-8-19/h3-4,11,14H,1-2,5-10,12-13H2,(H,17,20). The van der Waals surface area contributed by atoms with Crippen molar-refractivity contribution in [3.05, 3.63) is 24.2 Å². The van der Waals surface area contributed by atoms with E-state index in [1.807, 2.05) is 12.1 Å². The van der Waals surface area contributed by atoms with Gasteiger partial charge >= 0.3 is 0 Å². The Bertz CT molecular complexity index is 432. The number of hydrogen-bond donors (Lipinski definition) is 1. The highest BCUT2D eigenvalue weighted by Gasteiger charge is 2.26. The van der Waals surface area contributed by atoms with E-state index >= 15 is 0 Å². The van der Waals surface area contributed by atoms with Gasteiger partial charge in [0.2, 0.25) is 5.91 Å². The lowest BCUT2D eigenvalue weighted by molar-refractivity contribution is -0.122. The predicted molar refractivity (Wildman–Crippen MR) is 80.8 cm³/mol. The Morgan fingerprint density at radius 2 is 2.00 bits per heavy atom. The van der Waals surface area contributed by atoms with Gasteiger partial charge in [0.05, 0.1) is 19.4 Å². The molecule has 1 aromatic rings. The number of hydrogen-bond acceptors (Lipinski definition) is 4. The van der Waals surface area contributed by atoms with E-state index in [9.17, 15) is 4.79 Å². The van der Waals surface area contributed by atoms with E-state index in [1.54, 1.807) is 6.26 Å². The highest BCUT2D eigenvalue weighted by atomic mass is 16.3. The summed E-state index contributed by atoms with van der Waals surface area (Å²) in [5.41, 5.74) is 0. The molecule has 0 unspecified atom stereocenters. The van der Waals surface area contributed by atoms with Crippen LogP contribution in [0.3, 0.4) is 0 Å². The first kappa shape index (κ1) is 14.6. The second-order valence-electron chi connectivity index (χ2n) is 6.11. The molecular weight excluding hydrogens is 266 g/mol. The molecule has 0 aromatic carbocycles. The molecule has 116 valence electrons. The van der Waals surface area contributed by atoms with Crippen LogP contribution < -0.4 is 5.32 Å². The molecular formula is C16H25N3O2. The molecule has 2 aliphatic heterocycles. The van der Waals surface area contributed by atoms with E-state index in [0.29, 0.717) is 13.1 Å². The van der Waals surface area contributed by atoms with E-state index < -0.39 is 0 Å². The smallest absolute Gasteiger partial charge is 0.234 e. The molecule has 3 heterocycles. The number of nitrogens with one attached hydrogen (secondary N) is 1. The minimum absolute atomic E-state index is 0.0889. The fraction of sp³-hybridized carbons (Fsp3) is 0.688. The van der Waals surface area contributed by atoms with Gasteiger partial charge in [-0.2, -0.15) is 0 Å². The number of carbonyl (C=O) groups excluding carboxylic acids is 1. The molecule has 1 amide bonds. The molecule has 0 radical (unpaired) electrons. The van der Waals surface area contributed by atoms with Crippen LogP contribution in [0.4, 0.5) is 0 Å². The van der Waals surface area contributed by atoms with E-state index in [4.69, 9.17) is 4.42 Å². The lowest BCUT2D eigenvalue weighted by atomic mass is 10.0. The van der Waals surface area contributed by atoms with Crippen LogP contribution in [0.1, 0.15) is 31.4 Å². The second-order valence-corrected chi connectivity index (χ2v) is 6.11. The number of rotatable bonds is 5. The van der Waals surface area contributed by atoms with E-state index in [-0.39, 0.29) is 5.91 Å². The van der Waals surface area contributed by atoms with Gasteiger partial charge < -0.3 is 14.6 Å². The summed E-state index contributed by atoms with van der Waals surface area (Å²) < 4.78 is 5.21. The van der Waals surface area contributed by atoms with Crippen LogP contribution in [0.5, 0.6) is 0 Å². The Balaban J connectivity index is 1.35. The first-order chi connectivity index (χ1) is 10.3. The Hall–Kier alpha value is -1.33. The molecule has 2 aliphatic rings. The zero-order valence-corrected chi connectivity index (χ0v) is 12.6. The van der Waals surface area contributed by atoms with Gasteiger partial charge in [-0.1, -0.05) is 0 Å². The van der Waals surface area contributed by atoms with Crippen molar-refractivity contribution >= 4 is 5.91 Å². The molecule has 5 nitrogen and oxygen atoms in total. The molecule has 1 aromatic heterocycles. The zero-order chi connectivity index (χ0) is 14.5. The summed E-state index contributed by atoms with van der Waals surface area (Å²) in [6.07, 6.45) is 6.74. The highest BCUT2D eigenvalue weighted by molar-refractivity contribution is 5.77. The molecule has 3 rings (SSSR count). The van der Waals surface area contributed by atoms with Crippen LogP contribution in [0.15, 0.2) is 22.8 Å². The van der Waals surface area contributed by atoms with Crippen molar-refractivity contribution in [1.29, 1.82) is 0 Å². The van der Waals surface area contributed by atoms with Crippen LogP contribution in [-0.2, 0) is 11.3 Å². The minimum atomic E-state index is 0.0889. The highest BCUT2D eigenvalue weighted by Crippen LogP contribution is 2.20. The van der Waals surface area contributed by atoms with Gasteiger partial charge in [-0.05, 0) is 50.9 Å². The van der Waals surface area contributed by atoms with Gasteiger partial charge in [0.15, 0.2) is 0 Å². The summed E-state index contributed by atoms with van der Waals surface area (Å²) in [5, 5.41) is 2.91. The fourth-order valence-electron chi connectivity index (χ4n) is 3.41. The molecule has 0 spiro atoms. The number of nitrogens with zero attached hydrogens (tertiary/aromatic N) is 2. The van der Waals surface area contributed by atoms with Gasteiger partial charge in [-0.15, -0.1) is 0 Å². The minimum Gasteiger partial charge on any atom is -0.467 e. The van der Waals surface area contributed by atoms with Gasteiger partial charge in [-0.25, -0.2) is 0 Å². The maximum Gasteiger partial charge on any atom is 0.234 e. The number of likely N-dealkylation sites (tertiary alicyclic amines) is 2. The quantitative estimate of drug-likeness (QED) is 0.892. The van der Waals surface area contributed by atoms with Gasteiger partial charge in [0.25, 0.3) is 0 Å². The van der Waals surface area contributed by atoms with Crippen LogP contribution in [0, 0.1) is 0 Å². The number of piperidine rings is 1. The van der Waals surface area contributed by atoms with Crippen molar-refractivity contribution in [3.8, 4) is 0 Å². The lowest BCUT2D eigenvalue weighted by Gasteiger charge is -2.36. The van der Waals surface area contributed by atoms with Gasteiger partial charge in [0, 0.05) is 19.1 Å². The van der Waals surface area contributed by atoms with E-state index in [0.717, 1.165) is 24.9 Å². The molecule has 21 heavy (non-hydrogen) atoms. The summed E-state index contributed by atoms with van der Waals surface area (Å²) in [5.74, 6) is 0.891. The summed E-state index contributed by atoms with van der Waals surface area (Å²) in [6, 6.07) is 4.46. The molecule has 0 aliphatic carbocycles. The lowest BCUT2D eigenvalue weighted by Crippen LogP contribution is -2.46. The van der Waals surface area contributed by atoms with E-state index in [1.165, 1.54) is 38.8 Å². The maximum absolute atomic E-state index is 11.9. The van der Waals surface area contributed by atoms with Crippen LogP contribution in [0.25, 0.3) is 0 Å². The molecule has 2 fully saturated rings. The first-order valence-electron chi connectivity index (χ1n) is 8.07. The molecule has 0 saturated carbocycles. The summed E-state index contributed by atoms with van der Waals surface area (Å²) in [4.78, 5) is 16.8. The number of carbonyl (C=O) groups is 1. The normalized spacial score (nSPS) is 21.7. The molecule has 0 bridgehead atoms. The van der Waals surface area contributed by atoms with Crippen LogP contribution in [0.2, 0.25) is 0 Å². The summed E-state index contributed by atoms with van der Waals surface area (Å²) in [6.45, 7) is 5.61. The molecule has 5 heteroatoms. The molecule has 1 N–H and O–H groups in total. The monoisotopic (exact) mass is 291 g/mol. The topological polar surface area (TPSA) is 48.7 Å². The third-order valence-electron chi connectivity index (χ3n) is 4.62. The predicted octanol–water partition coefficient (Wildman–Crippen LogP) is 1.46. The van der Waals surface area contributed by atoms with Crippen molar-refractivity contribution in [2.75, 3.05) is 32.7 Å². The number of amides is 1. The fourth-order valence-corrected chi connectivity index (χ4v) is 3.41. The average Bonchev–Trinajstić information content (AvgIpc) is 3.19. The second kappa shape index (κ2) is 7.09. The van der Waals surface area contributed by atoms with Gasteiger partial charge in [0.1, 0.15) is 5.76 Å². The summed E-state index contributed by atoms with van der Waals surface area (Å²) >= 11 is 0. The largest absolute Gasteiger partial charge is 0.467 e. The molecule has 0 atom stereocenters. The maximum atomic E-state index is 11.9. The Kier molecular flexibility index (Phi) is 4.93. The number of furan rings is 1. The average molecular weight is 291 g/mol. The summed E-state index contributed by atoms with van der Waals surface area (Å²) in [7, 11) is 0. The van der Waals surface area contributed by atoms with Crippen molar-refractivity contribution in [2.24, 2.45) is 0 Å². The van der Waals surface area contributed by atoms with Crippen molar-refractivity contribution < 1.29 is 9.21 Å². The SMILES string of the molecule is O=C(CN1CCC(N2CCCC2)CC1)NCc1ccco1. The third-order valence-corrected chi connectivity index (χ3v) is 4.62. The van der Waals surface area contributed by atoms with Crippen molar-refractivity contribution in [3.63, 3.8) is 0 Å². The Morgan fingerprint density at radius 1 is 1.24 bits per heavy atom. The van der Waals surface area contributed by atoms with E-state index in [2.05, 4.69) is 15.1 Å². The third kappa shape index (κ3) is 4.08. The van der Waals surface area contributed by atoms with Crippen LogP contribution in [-0.4, -0.2) is 54.5 Å². The first-order valence-corrected chi connectivity index (χ1v) is 8.07. The van der Waals surface area contributed by atoms with Gasteiger partial charge in [-0.3, -0.25) is 9.69 Å². The zero-order valence-electron chi connectivity index (χ0n) is 12.6. The van der Waals surface area contributed by atoms with Crippen molar-refractivity contribution in [2.45, 2.75) is 38.3 Å². The Morgan fingerprint density at radius 3 is 2.67 bits per heavy atom. The van der Waals surface area contributed by atoms with Crippen molar-refractivity contribution in [1.82, 2.24) is 15.1 Å². The molecule has 2 saturated heterocycles. The Labute approximate surface area is 126 Å². The van der Waals surface area contributed by atoms with Crippen LogP contribution >= 0.6 is 0 Å².